The third-order valence-electron chi connectivity index (χ3n) is 5.60. The Hall–Kier alpha value is -2.40. The fourth-order valence-electron chi connectivity index (χ4n) is 3.81. The number of hydrogen-bond acceptors (Lipinski definition) is 5. The Balaban J connectivity index is 0.00000306. The average molecular weight is 564 g/mol. The molecule has 1 saturated heterocycles. The van der Waals surface area contributed by atoms with Crippen LogP contribution in [0.3, 0.4) is 0 Å². The van der Waals surface area contributed by atoms with Crippen molar-refractivity contribution in [1.82, 2.24) is 25.2 Å². The molecule has 4 rings (SSSR count). The van der Waals surface area contributed by atoms with Crippen LogP contribution in [-0.2, 0) is 17.7 Å². The molecule has 0 saturated carbocycles. The molecule has 1 fully saturated rings. The summed E-state index contributed by atoms with van der Waals surface area (Å²) in [6.07, 6.45) is 6.16. The van der Waals surface area contributed by atoms with Gasteiger partial charge in [-0.2, -0.15) is 0 Å². The van der Waals surface area contributed by atoms with Crippen molar-refractivity contribution in [2.24, 2.45) is 4.99 Å². The highest BCUT2D eigenvalue weighted by Gasteiger charge is 2.17. The zero-order chi connectivity index (χ0) is 22.2. The Morgan fingerprint density at radius 3 is 2.97 bits per heavy atom. The summed E-state index contributed by atoms with van der Waals surface area (Å²) in [7, 11) is 1.78. The molecular formula is C24H33IN6O2. The van der Waals surface area contributed by atoms with Crippen molar-refractivity contribution in [2.75, 3.05) is 26.8 Å². The molecule has 0 aliphatic carbocycles. The molecule has 3 heterocycles. The van der Waals surface area contributed by atoms with Gasteiger partial charge in [0.2, 0.25) is 0 Å². The van der Waals surface area contributed by atoms with E-state index < -0.39 is 0 Å². The minimum atomic E-state index is 0. The molecule has 0 radical (unpaired) electrons. The number of rotatable bonds is 9. The highest BCUT2D eigenvalue weighted by molar-refractivity contribution is 14.0. The maximum absolute atomic E-state index is 6.10. The molecule has 1 unspecified atom stereocenters. The maximum atomic E-state index is 6.10. The van der Waals surface area contributed by atoms with E-state index in [0.29, 0.717) is 13.2 Å². The van der Waals surface area contributed by atoms with Crippen LogP contribution < -0.4 is 15.4 Å². The monoisotopic (exact) mass is 564 g/mol. The Morgan fingerprint density at radius 2 is 2.15 bits per heavy atom. The number of guanidine groups is 1. The molecular weight excluding hydrogens is 531 g/mol. The van der Waals surface area contributed by atoms with Crippen molar-refractivity contribution in [3.8, 4) is 5.75 Å². The van der Waals surface area contributed by atoms with Gasteiger partial charge in [-0.3, -0.25) is 9.39 Å². The Bertz CT molecular complexity index is 1050. The lowest BCUT2D eigenvalue weighted by molar-refractivity contribution is 0.0676. The van der Waals surface area contributed by atoms with Crippen molar-refractivity contribution in [1.29, 1.82) is 0 Å². The molecule has 1 atom stereocenters. The van der Waals surface area contributed by atoms with Crippen LogP contribution >= 0.6 is 24.0 Å². The molecule has 9 heteroatoms. The van der Waals surface area contributed by atoms with E-state index in [1.54, 1.807) is 7.05 Å². The van der Waals surface area contributed by atoms with Crippen LogP contribution in [0, 0.1) is 6.92 Å². The summed E-state index contributed by atoms with van der Waals surface area (Å²) in [5.74, 6) is 2.64. The van der Waals surface area contributed by atoms with Crippen molar-refractivity contribution >= 4 is 35.6 Å². The number of aromatic nitrogens is 3. The SMILES string of the molecule is CN=C(NCCCc1nnc2ccccn12)NCc1ccc(C)cc1OCC1CCCO1.I. The largest absolute Gasteiger partial charge is 0.491 e. The smallest absolute Gasteiger partial charge is 0.191 e. The third-order valence-corrected chi connectivity index (χ3v) is 5.60. The number of halogens is 1. The van der Waals surface area contributed by atoms with Gasteiger partial charge in [0.05, 0.1) is 6.10 Å². The number of nitrogens with one attached hydrogen (secondary N) is 2. The standard InChI is InChI=1S/C24H32N6O2.HI/c1-18-10-11-19(21(15-18)32-17-20-7-6-14-31-20)16-27-24(25-2)26-12-5-9-23-29-28-22-8-3-4-13-30(22)23;/h3-4,8,10-11,13,15,20H,5-7,9,12,14,16-17H2,1-2H3,(H2,25,26,27);1H. The summed E-state index contributed by atoms with van der Waals surface area (Å²) in [4.78, 5) is 4.34. The number of nitrogens with zero attached hydrogens (tertiary/aromatic N) is 4. The molecule has 2 aromatic heterocycles. The van der Waals surface area contributed by atoms with Gasteiger partial charge in [0.25, 0.3) is 0 Å². The summed E-state index contributed by atoms with van der Waals surface area (Å²) in [5, 5.41) is 15.3. The lowest BCUT2D eigenvalue weighted by Gasteiger charge is -2.17. The molecule has 1 aliphatic heterocycles. The second kappa shape index (κ2) is 12.7. The van der Waals surface area contributed by atoms with Gasteiger partial charge in [0.1, 0.15) is 18.2 Å². The Morgan fingerprint density at radius 1 is 1.24 bits per heavy atom. The van der Waals surface area contributed by atoms with E-state index >= 15 is 0 Å². The van der Waals surface area contributed by atoms with E-state index in [1.165, 1.54) is 5.56 Å². The lowest BCUT2D eigenvalue weighted by atomic mass is 10.1. The summed E-state index contributed by atoms with van der Waals surface area (Å²) in [5.41, 5.74) is 3.16. The Labute approximate surface area is 212 Å². The highest BCUT2D eigenvalue weighted by atomic mass is 127. The number of fused-ring (bicyclic) bond motifs is 1. The summed E-state index contributed by atoms with van der Waals surface area (Å²) in [6, 6.07) is 12.2. The maximum Gasteiger partial charge on any atom is 0.191 e. The minimum absolute atomic E-state index is 0. The first-order valence-electron chi connectivity index (χ1n) is 11.3. The predicted molar refractivity (Wildman–Crippen MR) is 141 cm³/mol. The number of benzene rings is 1. The van der Waals surface area contributed by atoms with E-state index in [1.807, 2.05) is 28.8 Å². The molecule has 0 spiro atoms. The second-order valence-corrected chi connectivity index (χ2v) is 8.06. The molecule has 1 aromatic carbocycles. The van der Waals surface area contributed by atoms with Crippen LogP contribution in [0.25, 0.3) is 5.65 Å². The molecule has 3 aromatic rings. The Kier molecular flexibility index (Phi) is 9.74. The van der Waals surface area contributed by atoms with E-state index in [2.05, 4.69) is 50.9 Å². The van der Waals surface area contributed by atoms with Crippen molar-refractivity contribution in [3.05, 3.63) is 59.5 Å². The molecule has 178 valence electrons. The first kappa shape index (κ1) is 25.2. The van der Waals surface area contributed by atoms with Gasteiger partial charge in [-0.05, 0) is 49.9 Å². The van der Waals surface area contributed by atoms with Crippen molar-refractivity contribution < 1.29 is 9.47 Å². The van der Waals surface area contributed by atoms with Crippen LogP contribution in [0.5, 0.6) is 5.75 Å². The van der Waals surface area contributed by atoms with Gasteiger partial charge < -0.3 is 20.1 Å². The quantitative estimate of drug-likeness (QED) is 0.179. The van der Waals surface area contributed by atoms with Crippen LogP contribution in [0.4, 0.5) is 0 Å². The summed E-state index contributed by atoms with van der Waals surface area (Å²) in [6.45, 7) is 4.94. The second-order valence-electron chi connectivity index (χ2n) is 8.06. The first-order chi connectivity index (χ1) is 15.7. The van der Waals surface area contributed by atoms with Crippen LogP contribution in [-0.4, -0.2) is 53.5 Å². The zero-order valence-electron chi connectivity index (χ0n) is 19.3. The minimum Gasteiger partial charge on any atom is -0.491 e. The van der Waals surface area contributed by atoms with E-state index in [0.717, 1.165) is 67.6 Å². The van der Waals surface area contributed by atoms with Crippen LogP contribution in [0.15, 0.2) is 47.6 Å². The van der Waals surface area contributed by atoms with Gasteiger partial charge in [0, 0.05) is 44.9 Å². The third kappa shape index (κ3) is 7.04. The van der Waals surface area contributed by atoms with Gasteiger partial charge >= 0.3 is 0 Å². The predicted octanol–water partition coefficient (Wildman–Crippen LogP) is 3.51. The molecule has 8 nitrogen and oxygen atoms in total. The molecule has 1 aliphatic rings. The normalized spacial score (nSPS) is 15.9. The molecule has 0 amide bonds. The molecule has 0 bridgehead atoms. The zero-order valence-corrected chi connectivity index (χ0v) is 21.6. The average Bonchev–Trinajstić information content (AvgIpc) is 3.48. The fraction of sp³-hybridized carbons (Fsp3) is 0.458. The number of ether oxygens (including phenoxy) is 2. The topological polar surface area (TPSA) is 85.1 Å². The number of aryl methyl sites for hydroxylation is 2. The summed E-state index contributed by atoms with van der Waals surface area (Å²) < 4.78 is 13.8. The fourth-order valence-corrected chi connectivity index (χ4v) is 3.81. The van der Waals surface area contributed by atoms with E-state index in [4.69, 9.17) is 9.47 Å². The van der Waals surface area contributed by atoms with E-state index in [-0.39, 0.29) is 30.1 Å². The van der Waals surface area contributed by atoms with E-state index in [9.17, 15) is 0 Å². The molecule has 33 heavy (non-hydrogen) atoms. The number of hydrogen-bond donors (Lipinski definition) is 2. The molecule has 2 N–H and O–H groups in total. The lowest BCUT2D eigenvalue weighted by Crippen LogP contribution is -2.37. The van der Waals surface area contributed by atoms with Gasteiger partial charge in [-0.25, -0.2) is 0 Å². The van der Waals surface area contributed by atoms with Gasteiger partial charge in [-0.15, -0.1) is 34.2 Å². The number of aliphatic imine (C=N–C) groups is 1. The number of pyridine rings is 1. The van der Waals surface area contributed by atoms with Crippen LogP contribution in [0.2, 0.25) is 0 Å². The van der Waals surface area contributed by atoms with Crippen molar-refractivity contribution in [2.45, 2.75) is 45.3 Å². The first-order valence-corrected chi connectivity index (χ1v) is 11.3. The summed E-state index contributed by atoms with van der Waals surface area (Å²) >= 11 is 0. The van der Waals surface area contributed by atoms with Crippen LogP contribution in [0.1, 0.15) is 36.2 Å². The highest BCUT2D eigenvalue weighted by Crippen LogP contribution is 2.22. The van der Waals surface area contributed by atoms with Gasteiger partial charge in [0.15, 0.2) is 11.6 Å². The van der Waals surface area contributed by atoms with Crippen molar-refractivity contribution in [3.63, 3.8) is 0 Å². The van der Waals surface area contributed by atoms with Gasteiger partial charge in [-0.1, -0.05) is 18.2 Å².